The van der Waals surface area contributed by atoms with Crippen molar-refractivity contribution in [3.63, 3.8) is 0 Å². The normalized spacial score (nSPS) is 15.2. The van der Waals surface area contributed by atoms with Crippen LogP contribution in [0.2, 0.25) is 0 Å². The average molecular weight is 190 g/mol. The monoisotopic (exact) mass is 190 g/mol. The van der Waals surface area contributed by atoms with E-state index in [0.29, 0.717) is 11.3 Å². The topological polar surface area (TPSA) is 58.2 Å². The van der Waals surface area contributed by atoms with E-state index in [1.807, 2.05) is 13.0 Å². The first-order valence-corrected chi connectivity index (χ1v) is 4.35. The number of anilines is 1. The third-order valence-corrected chi connectivity index (χ3v) is 2.10. The third-order valence-electron chi connectivity index (χ3n) is 2.10. The molecule has 2 N–H and O–H groups in total. The van der Waals surface area contributed by atoms with Crippen LogP contribution in [0.15, 0.2) is 18.2 Å². The summed E-state index contributed by atoms with van der Waals surface area (Å²) in [5.41, 5.74) is 2.12. The molecular formula is C10H10N2O2. The van der Waals surface area contributed by atoms with Gasteiger partial charge in [0.05, 0.1) is 17.8 Å². The second-order valence-corrected chi connectivity index (χ2v) is 3.28. The smallest absolute Gasteiger partial charge is 0.253 e. The Morgan fingerprint density at radius 1 is 1.29 bits per heavy atom. The maximum atomic E-state index is 11.5. The maximum absolute atomic E-state index is 11.5. The first-order valence-electron chi connectivity index (χ1n) is 4.35. The highest BCUT2D eigenvalue weighted by molar-refractivity contribution is 6.08. The fourth-order valence-corrected chi connectivity index (χ4v) is 1.41. The lowest BCUT2D eigenvalue weighted by Crippen LogP contribution is -2.28. The van der Waals surface area contributed by atoms with E-state index in [0.717, 1.165) is 5.56 Å². The van der Waals surface area contributed by atoms with Crippen LogP contribution in [0.25, 0.3) is 0 Å². The molecule has 0 saturated heterocycles. The minimum Gasteiger partial charge on any atom is -0.343 e. The van der Waals surface area contributed by atoms with Crippen LogP contribution in [0, 0.1) is 6.92 Å². The summed E-state index contributed by atoms with van der Waals surface area (Å²) in [4.78, 5) is 22.6. The van der Waals surface area contributed by atoms with Crippen LogP contribution in [-0.4, -0.2) is 18.4 Å². The lowest BCUT2D eigenvalue weighted by Gasteiger charge is -2.05. The Morgan fingerprint density at radius 3 is 2.86 bits per heavy atom. The van der Waals surface area contributed by atoms with Gasteiger partial charge < -0.3 is 10.6 Å². The molecule has 0 spiro atoms. The van der Waals surface area contributed by atoms with Crippen molar-refractivity contribution in [3.8, 4) is 0 Å². The molecule has 0 unspecified atom stereocenters. The zero-order chi connectivity index (χ0) is 10.1. The van der Waals surface area contributed by atoms with Gasteiger partial charge in [0.1, 0.15) is 0 Å². The van der Waals surface area contributed by atoms with E-state index in [4.69, 9.17) is 0 Å². The molecule has 4 heteroatoms. The van der Waals surface area contributed by atoms with E-state index in [-0.39, 0.29) is 18.4 Å². The molecule has 14 heavy (non-hydrogen) atoms. The number of aryl methyl sites for hydroxylation is 1. The summed E-state index contributed by atoms with van der Waals surface area (Å²) in [5.74, 6) is -0.402. The van der Waals surface area contributed by atoms with Gasteiger partial charge >= 0.3 is 0 Å². The van der Waals surface area contributed by atoms with Crippen molar-refractivity contribution in [2.45, 2.75) is 6.92 Å². The molecule has 1 aromatic rings. The van der Waals surface area contributed by atoms with E-state index < -0.39 is 0 Å². The van der Waals surface area contributed by atoms with E-state index in [2.05, 4.69) is 10.6 Å². The molecular weight excluding hydrogens is 180 g/mol. The number of fused-ring (bicyclic) bond motifs is 1. The van der Waals surface area contributed by atoms with Gasteiger partial charge in [-0.1, -0.05) is 6.07 Å². The Labute approximate surface area is 81.3 Å². The van der Waals surface area contributed by atoms with Crippen molar-refractivity contribution < 1.29 is 9.59 Å². The third kappa shape index (κ3) is 1.46. The predicted molar refractivity (Wildman–Crippen MR) is 52.1 cm³/mol. The quantitative estimate of drug-likeness (QED) is 0.632. The largest absolute Gasteiger partial charge is 0.343 e. The van der Waals surface area contributed by atoms with Crippen LogP contribution >= 0.6 is 0 Å². The highest BCUT2D eigenvalue weighted by Gasteiger charge is 2.18. The summed E-state index contributed by atoms with van der Waals surface area (Å²) in [6.45, 7) is 1.95. The fraction of sp³-hybridized carbons (Fsp3) is 0.200. The van der Waals surface area contributed by atoms with E-state index >= 15 is 0 Å². The summed E-state index contributed by atoms with van der Waals surface area (Å²) < 4.78 is 0. The second-order valence-electron chi connectivity index (χ2n) is 3.28. The van der Waals surface area contributed by atoms with E-state index in [1.165, 1.54) is 0 Å². The lowest BCUT2D eigenvalue weighted by atomic mass is 10.1. The Bertz CT molecular complexity index is 413. The maximum Gasteiger partial charge on any atom is 0.253 e. The molecule has 0 atom stereocenters. The van der Waals surface area contributed by atoms with Gasteiger partial charge in [-0.2, -0.15) is 0 Å². The molecule has 0 radical (unpaired) electrons. The molecule has 0 saturated carbocycles. The van der Waals surface area contributed by atoms with Crippen molar-refractivity contribution in [1.29, 1.82) is 0 Å². The van der Waals surface area contributed by atoms with Crippen LogP contribution in [-0.2, 0) is 4.79 Å². The number of carbonyl (C=O) groups is 2. The van der Waals surface area contributed by atoms with Crippen LogP contribution < -0.4 is 10.6 Å². The molecule has 0 bridgehead atoms. The summed E-state index contributed by atoms with van der Waals surface area (Å²) in [7, 11) is 0. The fourth-order valence-electron chi connectivity index (χ4n) is 1.41. The molecule has 72 valence electrons. The minimum atomic E-state index is -0.210. The Balaban J connectivity index is 2.52. The van der Waals surface area contributed by atoms with Gasteiger partial charge in [-0.15, -0.1) is 0 Å². The zero-order valence-electron chi connectivity index (χ0n) is 7.76. The van der Waals surface area contributed by atoms with Crippen LogP contribution in [0.4, 0.5) is 5.69 Å². The number of nitrogens with one attached hydrogen (secondary N) is 2. The van der Waals surface area contributed by atoms with Gasteiger partial charge in [-0.25, -0.2) is 0 Å². The molecule has 1 aromatic carbocycles. The first kappa shape index (κ1) is 8.74. The average Bonchev–Trinajstić information content (AvgIpc) is 2.26. The minimum absolute atomic E-state index is 0.0343. The lowest BCUT2D eigenvalue weighted by molar-refractivity contribution is -0.115. The van der Waals surface area contributed by atoms with Gasteiger partial charge in [0.15, 0.2) is 0 Å². The molecule has 0 fully saturated rings. The standard InChI is InChI=1S/C10H10N2O2/c1-6-2-3-7-8(4-6)12-9(13)5-11-10(7)14/h2-4H,5H2,1H3,(H,11,14)(H,12,13). The number of hydrogen-bond donors (Lipinski definition) is 2. The van der Waals surface area contributed by atoms with Crippen LogP contribution in [0.5, 0.6) is 0 Å². The first-order chi connectivity index (χ1) is 6.66. The molecule has 4 nitrogen and oxygen atoms in total. The van der Waals surface area contributed by atoms with Crippen molar-refractivity contribution in [2.75, 3.05) is 11.9 Å². The van der Waals surface area contributed by atoms with Gasteiger partial charge in [0.25, 0.3) is 5.91 Å². The van der Waals surface area contributed by atoms with Gasteiger partial charge in [-0.3, -0.25) is 9.59 Å². The molecule has 1 aliphatic heterocycles. The van der Waals surface area contributed by atoms with E-state index in [1.54, 1.807) is 12.1 Å². The Hall–Kier alpha value is -1.84. The van der Waals surface area contributed by atoms with Crippen molar-refractivity contribution in [1.82, 2.24) is 5.32 Å². The zero-order valence-corrected chi connectivity index (χ0v) is 7.76. The highest BCUT2D eigenvalue weighted by atomic mass is 16.2. The van der Waals surface area contributed by atoms with E-state index in [9.17, 15) is 9.59 Å². The predicted octanol–water partition coefficient (Wildman–Crippen LogP) is 0.677. The summed E-state index contributed by atoms with van der Waals surface area (Å²) >= 11 is 0. The van der Waals surface area contributed by atoms with Crippen LogP contribution in [0.1, 0.15) is 15.9 Å². The summed E-state index contributed by atoms with van der Waals surface area (Å²) in [5, 5.41) is 5.19. The van der Waals surface area contributed by atoms with Crippen molar-refractivity contribution in [3.05, 3.63) is 29.3 Å². The van der Waals surface area contributed by atoms with Gasteiger partial charge in [0, 0.05) is 0 Å². The number of amides is 2. The second kappa shape index (κ2) is 3.14. The molecule has 0 aromatic heterocycles. The van der Waals surface area contributed by atoms with Gasteiger partial charge in [-0.05, 0) is 24.6 Å². The number of rotatable bonds is 0. The highest BCUT2D eigenvalue weighted by Crippen LogP contribution is 2.18. The molecule has 2 amide bonds. The number of benzene rings is 1. The molecule has 1 aliphatic rings. The molecule has 1 heterocycles. The number of hydrogen-bond acceptors (Lipinski definition) is 2. The summed E-state index contributed by atoms with van der Waals surface area (Å²) in [6.07, 6.45) is 0. The Morgan fingerprint density at radius 2 is 2.07 bits per heavy atom. The van der Waals surface area contributed by atoms with Gasteiger partial charge in [0.2, 0.25) is 5.91 Å². The van der Waals surface area contributed by atoms with Crippen molar-refractivity contribution in [2.24, 2.45) is 0 Å². The van der Waals surface area contributed by atoms with Crippen molar-refractivity contribution >= 4 is 17.5 Å². The molecule has 0 aliphatic carbocycles. The Kier molecular flexibility index (Phi) is 1.96. The molecule has 2 rings (SSSR count). The summed E-state index contributed by atoms with van der Waals surface area (Å²) in [6, 6.07) is 5.35. The number of carbonyl (C=O) groups excluding carboxylic acids is 2. The SMILES string of the molecule is Cc1ccc2c(c1)NC(=O)CNC2=O. The van der Waals surface area contributed by atoms with Crippen LogP contribution in [0.3, 0.4) is 0 Å².